The molecular weight excluding hydrogens is 236 g/mol. The Bertz CT molecular complexity index is 342. The van der Waals surface area contributed by atoms with Crippen molar-refractivity contribution in [1.29, 1.82) is 5.26 Å². The molecule has 2 rings (SSSR count). The molecule has 0 radical (unpaired) electrons. The van der Waals surface area contributed by atoms with Crippen LogP contribution in [0.25, 0.3) is 0 Å². The molecule has 0 spiro atoms. The number of carbonyl (C=O) groups excluding carboxylic acids is 1. The first kappa shape index (κ1) is 14.4. The summed E-state index contributed by atoms with van der Waals surface area (Å²) >= 11 is 0. The molecule has 1 aliphatic heterocycles. The van der Waals surface area contributed by atoms with Crippen molar-refractivity contribution in [2.24, 2.45) is 11.3 Å². The summed E-state index contributed by atoms with van der Waals surface area (Å²) in [5, 5.41) is 9.11. The molecule has 1 saturated carbocycles. The van der Waals surface area contributed by atoms with Gasteiger partial charge in [-0.15, -0.1) is 0 Å². The molecule has 1 heterocycles. The van der Waals surface area contributed by atoms with Crippen LogP contribution in [0.1, 0.15) is 64.7 Å². The Morgan fingerprint density at radius 3 is 2.32 bits per heavy atom. The molecule has 0 bridgehead atoms. The molecule has 1 saturated heterocycles. The van der Waals surface area contributed by atoms with E-state index in [0.717, 1.165) is 32.4 Å². The number of nitriles is 1. The lowest BCUT2D eigenvalue weighted by molar-refractivity contribution is -0.134. The quantitative estimate of drug-likeness (QED) is 0.715. The van der Waals surface area contributed by atoms with Gasteiger partial charge in [0.25, 0.3) is 0 Å². The van der Waals surface area contributed by atoms with E-state index in [4.69, 9.17) is 5.26 Å². The second kappa shape index (κ2) is 6.41. The number of carbonyl (C=O) groups is 1. The summed E-state index contributed by atoms with van der Waals surface area (Å²) in [7, 11) is 0. The second-order valence-electron chi connectivity index (χ2n) is 6.61. The molecule has 3 nitrogen and oxygen atoms in total. The molecule has 106 valence electrons. The van der Waals surface area contributed by atoms with Crippen LogP contribution in [-0.2, 0) is 4.79 Å². The molecule has 0 unspecified atom stereocenters. The van der Waals surface area contributed by atoms with Gasteiger partial charge in [-0.3, -0.25) is 4.79 Å². The van der Waals surface area contributed by atoms with Crippen molar-refractivity contribution in [3.63, 3.8) is 0 Å². The Morgan fingerprint density at radius 1 is 1.21 bits per heavy atom. The maximum absolute atomic E-state index is 12.3. The van der Waals surface area contributed by atoms with Crippen molar-refractivity contribution in [3.05, 3.63) is 0 Å². The zero-order valence-corrected chi connectivity index (χ0v) is 12.2. The summed E-state index contributed by atoms with van der Waals surface area (Å²) in [5.41, 5.74) is -0.209. The lowest BCUT2D eigenvalue weighted by atomic mass is 9.82. The molecule has 0 aromatic carbocycles. The van der Waals surface area contributed by atoms with Crippen LogP contribution in [0, 0.1) is 22.7 Å². The van der Waals surface area contributed by atoms with E-state index in [1.807, 2.05) is 11.8 Å². The molecular formula is C16H26N2O. The van der Waals surface area contributed by atoms with Gasteiger partial charge in [0.15, 0.2) is 0 Å². The highest BCUT2D eigenvalue weighted by Crippen LogP contribution is 2.31. The van der Waals surface area contributed by atoms with Gasteiger partial charge in [-0.05, 0) is 38.5 Å². The monoisotopic (exact) mass is 262 g/mol. The van der Waals surface area contributed by atoms with Crippen molar-refractivity contribution in [2.75, 3.05) is 13.1 Å². The predicted molar refractivity (Wildman–Crippen MR) is 75.3 cm³/mol. The summed E-state index contributed by atoms with van der Waals surface area (Å²) in [6.07, 6.45) is 10.1. The van der Waals surface area contributed by atoms with Gasteiger partial charge in [0.1, 0.15) is 0 Å². The molecule has 19 heavy (non-hydrogen) atoms. The molecule has 1 amide bonds. The number of hydrogen-bond donors (Lipinski definition) is 0. The van der Waals surface area contributed by atoms with Gasteiger partial charge in [-0.1, -0.05) is 25.7 Å². The Morgan fingerprint density at radius 2 is 1.79 bits per heavy atom. The van der Waals surface area contributed by atoms with Crippen LogP contribution in [0.15, 0.2) is 0 Å². The second-order valence-corrected chi connectivity index (χ2v) is 6.61. The van der Waals surface area contributed by atoms with E-state index in [0.29, 0.717) is 11.8 Å². The van der Waals surface area contributed by atoms with E-state index >= 15 is 0 Å². The number of rotatable bonds is 2. The van der Waals surface area contributed by atoms with Crippen molar-refractivity contribution in [3.8, 4) is 6.07 Å². The van der Waals surface area contributed by atoms with Gasteiger partial charge in [0.05, 0.1) is 11.5 Å². The number of amides is 1. The molecule has 3 heteroatoms. The maximum atomic E-state index is 12.3. The number of piperidine rings is 1. The first-order valence-corrected chi connectivity index (χ1v) is 7.82. The normalized spacial score (nSPS) is 24.5. The van der Waals surface area contributed by atoms with Crippen molar-refractivity contribution >= 4 is 5.91 Å². The standard InChI is InChI=1S/C16H26N2O/c1-16(13-17)8-10-18(11-9-16)15(19)12-14-6-4-2-3-5-7-14/h14H,2-12H2,1H3. The van der Waals surface area contributed by atoms with E-state index in [1.54, 1.807) is 0 Å². The Balaban J connectivity index is 1.79. The third kappa shape index (κ3) is 3.96. The molecule has 0 N–H and O–H groups in total. The van der Waals surface area contributed by atoms with Gasteiger partial charge < -0.3 is 4.90 Å². The fourth-order valence-corrected chi connectivity index (χ4v) is 3.31. The fourth-order valence-electron chi connectivity index (χ4n) is 3.31. The van der Waals surface area contributed by atoms with Crippen LogP contribution < -0.4 is 0 Å². The SMILES string of the molecule is CC1(C#N)CCN(C(=O)CC2CCCCCC2)CC1. The molecule has 2 fully saturated rings. The summed E-state index contributed by atoms with van der Waals surface area (Å²) < 4.78 is 0. The highest BCUT2D eigenvalue weighted by Gasteiger charge is 2.32. The average molecular weight is 262 g/mol. The van der Waals surface area contributed by atoms with Crippen LogP contribution >= 0.6 is 0 Å². The van der Waals surface area contributed by atoms with E-state index in [1.165, 1.54) is 38.5 Å². The van der Waals surface area contributed by atoms with Crippen molar-refractivity contribution < 1.29 is 4.79 Å². The minimum atomic E-state index is -0.209. The Kier molecular flexibility index (Phi) is 4.85. The van der Waals surface area contributed by atoms with E-state index in [-0.39, 0.29) is 5.41 Å². The van der Waals surface area contributed by atoms with Crippen LogP contribution in [0.2, 0.25) is 0 Å². The predicted octanol–water partition coefficient (Wildman–Crippen LogP) is 3.50. The summed E-state index contributed by atoms with van der Waals surface area (Å²) in [4.78, 5) is 14.3. The van der Waals surface area contributed by atoms with E-state index < -0.39 is 0 Å². The highest BCUT2D eigenvalue weighted by molar-refractivity contribution is 5.76. The molecule has 0 aromatic heterocycles. The zero-order chi connectivity index (χ0) is 13.7. The molecule has 2 aliphatic rings. The van der Waals surface area contributed by atoms with Gasteiger partial charge in [-0.25, -0.2) is 0 Å². The Hall–Kier alpha value is -1.04. The van der Waals surface area contributed by atoms with Crippen LogP contribution in [0.5, 0.6) is 0 Å². The minimum absolute atomic E-state index is 0.209. The number of hydrogen-bond acceptors (Lipinski definition) is 2. The number of likely N-dealkylation sites (tertiary alicyclic amines) is 1. The lowest BCUT2D eigenvalue weighted by Gasteiger charge is -2.35. The summed E-state index contributed by atoms with van der Waals surface area (Å²) in [6, 6.07) is 2.39. The summed E-state index contributed by atoms with van der Waals surface area (Å²) in [6.45, 7) is 3.56. The minimum Gasteiger partial charge on any atom is -0.343 e. The summed E-state index contributed by atoms with van der Waals surface area (Å²) in [5.74, 6) is 0.936. The van der Waals surface area contributed by atoms with Crippen LogP contribution in [0.3, 0.4) is 0 Å². The molecule has 1 aliphatic carbocycles. The van der Waals surface area contributed by atoms with Crippen LogP contribution in [0.4, 0.5) is 0 Å². The van der Waals surface area contributed by atoms with Crippen molar-refractivity contribution in [2.45, 2.75) is 64.7 Å². The van der Waals surface area contributed by atoms with E-state index in [9.17, 15) is 4.79 Å². The molecule has 0 aromatic rings. The van der Waals surface area contributed by atoms with Gasteiger partial charge in [0, 0.05) is 19.5 Å². The highest BCUT2D eigenvalue weighted by atomic mass is 16.2. The first-order valence-electron chi connectivity index (χ1n) is 7.82. The first-order chi connectivity index (χ1) is 9.13. The Labute approximate surface area is 117 Å². The zero-order valence-electron chi connectivity index (χ0n) is 12.2. The van der Waals surface area contributed by atoms with Gasteiger partial charge in [-0.2, -0.15) is 5.26 Å². The molecule has 0 atom stereocenters. The third-order valence-electron chi connectivity index (χ3n) is 4.93. The average Bonchev–Trinajstić information content (AvgIpc) is 2.68. The topological polar surface area (TPSA) is 44.1 Å². The fraction of sp³-hybridized carbons (Fsp3) is 0.875. The smallest absolute Gasteiger partial charge is 0.222 e. The van der Waals surface area contributed by atoms with Gasteiger partial charge in [0.2, 0.25) is 5.91 Å². The van der Waals surface area contributed by atoms with Crippen LogP contribution in [-0.4, -0.2) is 23.9 Å². The maximum Gasteiger partial charge on any atom is 0.222 e. The van der Waals surface area contributed by atoms with Gasteiger partial charge >= 0.3 is 0 Å². The lowest BCUT2D eigenvalue weighted by Crippen LogP contribution is -2.42. The third-order valence-corrected chi connectivity index (χ3v) is 4.93. The van der Waals surface area contributed by atoms with E-state index in [2.05, 4.69) is 6.07 Å². The largest absolute Gasteiger partial charge is 0.343 e. The van der Waals surface area contributed by atoms with Crippen molar-refractivity contribution in [1.82, 2.24) is 4.90 Å². The number of nitrogens with zero attached hydrogens (tertiary/aromatic N) is 2.